The molecule has 5 nitrogen and oxygen atoms in total. The topological polar surface area (TPSA) is 48.7 Å². The third-order valence-electron chi connectivity index (χ3n) is 4.30. The normalized spacial score (nSPS) is 10.7. The molecule has 3 heterocycles. The van der Waals surface area contributed by atoms with Crippen molar-refractivity contribution in [2.45, 2.75) is 33.8 Å². The monoisotopic (exact) mass is 335 g/mol. The van der Waals surface area contributed by atoms with Crippen molar-refractivity contribution < 1.29 is 9.47 Å². The predicted octanol–water partition coefficient (Wildman–Crippen LogP) is 3.42. The predicted molar refractivity (Wildman–Crippen MR) is 97.1 cm³/mol. The molecule has 0 saturated heterocycles. The molecule has 0 atom stereocenters. The lowest BCUT2D eigenvalue weighted by atomic mass is 10.1. The number of rotatable bonds is 5. The average molecular weight is 335 g/mol. The molecule has 3 rings (SSSR count). The van der Waals surface area contributed by atoms with Gasteiger partial charge in [-0.05, 0) is 32.9 Å². The summed E-state index contributed by atoms with van der Waals surface area (Å²) in [5, 5.41) is 0. The fourth-order valence-electron chi connectivity index (χ4n) is 2.99. The quantitative estimate of drug-likeness (QED) is 0.670. The van der Waals surface area contributed by atoms with Gasteiger partial charge in [-0.25, -0.2) is 4.98 Å². The van der Waals surface area contributed by atoms with Gasteiger partial charge in [-0.3, -0.25) is 9.38 Å². The zero-order valence-corrected chi connectivity index (χ0v) is 15.0. The van der Waals surface area contributed by atoms with Crippen LogP contribution in [-0.4, -0.2) is 21.5 Å². The summed E-state index contributed by atoms with van der Waals surface area (Å²) >= 11 is 0. The Bertz CT molecular complexity index is 967. The van der Waals surface area contributed by atoms with Gasteiger partial charge in [-0.2, -0.15) is 0 Å². The van der Waals surface area contributed by atoms with Gasteiger partial charge >= 0.3 is 0 Å². The lowest BCUT2D eigenvalue weighted by Crippen LogP contribution is -2.05. The van der Waals surface area contributed by atoms with Crippen molar-refractivity contribution in [1.82, 2.24) is 14.4 Å². The molecule has 0 bridgehead atoms. The van der Waals surface area contributed by atoms with E-state index in [1.54, 1.807) is 13.3 Å². The average Bonchev–Trinajstić information content (AvgIpc) is 2.92. The second-order valence-electron chi connectivity index (χ2n) is 5.93. The van der Waals surface area contributed by atoms with Crippen LogP contribution in [-0.2, 0) is 13.0 Å². The van der Waals surface area contributed by atoms with Gasteiger partial charge in [0.05, 0.1) is 30.6 Å². The van der Waals surface area contributed by atoms with Gasteiger partial charge < -0.3 is 9.47 Å². The Balaban J connectivity index is 1.92. The van der Waals surface area contributed by atoms with Crippen LogP contribution in [0.5, 0.6) is 11.5 Å². The molecule has 3 aromatic heterocycles. The highest BCUT2D eigenvalue weighted by molar-refractivity contribution is 5.56. The van der Waals surface area contributed by atoms with Gasteiger partial charge in [0, 0.05) is 23.5 Å². The van der Waals surface area contributed by atoms with E-state index >= 15 is 0 Å². The Morgan fingerprint density at radius 3 is 2.80 bits per heavy atom. The van der Waals surface area contributed by atoms with Crippen LogP contribution < -0.4 is 9.47 Å². The molecule has 0 fully saturated rings. The fourth-order valence-corrected chi connectivity index (χ4v) is 2.99. The number of aryl methyl sites for hydroxylation is 2. The third kappa shape index (κ3) is 3.03. The van der Waals surface area contributed by atoms with E-state index in [0.717, 1.165) is 39.6 Å². The Hall–Kier alpha value is -3.00. The molecule has 5 heteroatoms. The number of hydrogen-bond donors (Lipinski definition) is 0. The minimum atomic E-state index is 0.346. The SMILES string of the molecule is C#CCc1c(C)nc2c(OCc3ncc(C)c(OC)c3C)cccn12. The number of terminal acetylenes is 1. The van der Waals surface area contributed by atoms with Gasteiger partial charge in [0.1, 0.15) is 12.4 Å². The summed E-state index contributed by atoms with van der Waals surface area (Å²) in [7, 11) is 1.67. The highest BCUT2D eigenvalue weighted by Crippen LogP contribution is 2.26. The number of ether oxygens (including phenoxy) is 2. The summed E-state index contributed by atoms with van der Waals surface area (Å²) in [5.74, 6) is 4.23. The summed E-state index contributed by atoms with van der Waals surface area (Å²) in [4.78, 5) is 9.09. The van der Waals surface area contributed by atoms with Crippen LogP contribution in [0.25, 0.3) is 5.65 Å². The Kier molecular flexibility index (Phi) is 4.62. The summed E-state index contributed by atoms with van der Waals surface area (Å²) in [6.45, 7) is 6.27. The molecule has 3 aromatic rings. The van der Waals surface area contributed by atoms with Gasteiger partial charge in [0.2, 0.25) is 0 Å². The van der Waals surface area contributed by atoms with Gasteiger partial charge in [-0.15, -0.1) is 12.3 Å². The summed E-state index contributed by atoms with van der Waals surface area (Å²) < 4.78 is 13.5. The minimum absolute atomic E-state index is 0.346. The molecular weight excluding hydrogens is 314 g/mol. The lowest BCUT2D eigenvalue weighted by molar-refractivity contribution is 0.300. The molecule has 0 aliphatic heterocycles. The largest absolute Gasteiger partial charge is 0.496 e. The lowest BCUT2D eigenvalue weighted by Gasteiger charge is -2.13. The van der Waals surface area contributed by atoms with Crippen molar-refractivity contribution in [3.05, 3.63) is 52.7 Å². The van der Waals surface area contributed by atoms with E-state index in [1.165, 1.54) is 0 Å². The number of aromatic nitrogens is 3. The maximum absolute atomic E-state index is 6.02. The summed E-state index contributed by atoms with van der Waals surface area (Å²) in [5.41, 5.74) is 5.53. The van der Waals surface area contributed by atoms with Gasteiger partial charge in [-0.1, -0.05) is 0 Å². The summed E-state index contributed by atoms with van der Waals surface area (Å²) in [6.07, 6.45) is 9.75. The Labute approximate surface area is 147 Å². The van der Waals surface area contributed by atoms with E-state index in [1.807, 2.05) is 43.5 Å². The van der Waals surface area contributed by atoms with Crippen molar-refractivity contribution in [3.8, 4) is 23.8 Å². The molecule has 128 valence electrons. The molecule has 0 aliphatic carbocycles. The van der Waals surface area contributed by atoms with Crippen molar-refractivity contribution in [3.63, 3.8) is 0 Å². The first-order valence-corrected chi connectivity index (χ1v) is 8.08. The van der Waals surface area contributed by atoms with E-state index in [-0.39, 0.29) is 0 Å². The zero-order chi connectivity index (χ0) is 18.0. The number of imidazole rings is 1. The van der Waals surface area contributed by atoms with Crippen molar-refractivity contribution in [2.24, 2.45) is 0 Å². The van der Waals surface area contributed by atoms with Crippen LogP contribution in [0.3, 0.4) is 0 Å². The second-order valence-corrected chi connectivity index (χ2v) is 5.93. The molecule has 0 saturated carbocycles. The van der Waals surface area contributed by atoms with Crippen molar-refractivity contribution in [1.29, 1.82) is 0 Å². The molecule has 25 heavy (non-hydrogen) atoms. The maximum Gasteiger partial charge on any atom is 0.180 e. The van der Waals surface area contributed by atoms with Gasteiger partial charge in [0.15, 0.2) is 11.4 Å². The summed E-state index contributed by atoms with van der Waals surface area (Å²) in [6, 6.07) is 3.83. The first-order valence-electron chi connectivity index (χ1n) is 8.08. The molecule has 0 N–H and O–H groups in total. The number of methoxy groups -OCH3 is 1. The molecule has 0 unspecified atom stereocenters. The van der Waals surface area contributed by atoms with Crippen molar-refractivity contribution in [2.75, 3.05) is 7.11 Å². The number of nitrogens with zero attached hydrogens (tertiary/aromatic N) is 3. The molecule has 0 aromatic carbocycles. The van der Waals surface area contributed by atoms with Gasteiger partial charge in [0.25, 0.3) is 0 Å². The van der Waals surface area contributed by atoms with Crippen LogP contribution in [0.2, 0.25) is 0 Å². The molecule has 0 aliphatic rings. The van der Waals surface area contributed by atoms with E-state index in [9.17, 15) is 0 Å². The van der Waals surface area contributed by atoms with E-state index in [2.05, 4.69) is 15.9 Å². The highest BCUT2D eigenvalue weighted by atomic mass is 16.5. The Morgan fingerprint density at radius 1 is 1.28 bits per heavy atom. The molecule has 0 radical (unpaired) electrons. The smallest absolute Gasteiger partial charge is 0.180 e. The number of fused-ring (bicyclic) bond motifs is 1. The molecule has 0 spiro atoms. The highest BCUT2D eigenvalue weighted by Gasteiger charge is 2.14. The zero-order valence-electron chi connectivity index (χ0n) is 15.0. The maximum atomic E-state index is 6.02. The van der Waals surface area contributed by atoms with Crippen LogP contribution in [0.15, 0.2) is 24.5 Å². The van der Waals surface area contributed by atoms with E-state index < -0.39 is 0 Å². The van der Waals surface area contributed by atoms with Crippen LogP contribution >= 0.6 is 0 Å². The van der Waals surface area contributed by atoms with E-state index in [0.29, 0.717) is 18.8 Å². The second kappa shape index (κ2) is 6.86. The Morgan fingerprint density at radius 2 is 2.08 bits per heavy atom. The number of pyridine rings is 2. The van der Waals surface area contributed by atoms with Crippen LogP contribution in [0.4, 0.5) is 0 Å². The number of hydrogen-bond acceptors (Lipinski definition) is 4. The van der Waals surface area contributed by atoms with E-state index in [4.69, 9.17) is 15.9 Å². The van der Waals surface area contributed by atoms with Crippen LogP contribution in [0.1, 0.15) is 28.2 Å². The van der Waals surface area contributed by atoms with Crippen molar-refractivity contribution >= 4 is 5.65 Å². The molecular formula is C20H21N3O2. The first kappa shape index (κ1) is 16.8. The third-order valence-corrected chi connectivity index (χ3v) is 4.30. The minimum Gasteiger partial charge on any atom is -0.496 e. The molecule has 0 amide bonds. The standard InChI is InChI=1S/C20H21N3O2/c1-6-8-17-15(4)22-20-18(9-7-10-23(17)20)25-12-16-14(3)19(24-5)13(2)11-21-16/h1,7,9-11H,8,12H2,2-5H3. The fraction of sp³-hybridized carbons (Fsp3) is 0.300. The first-order chi connectivity index (χ1) is 12.1. The van der Waals surface area contributed by atoms with Crippen LogP contribution in [0, 0.1) is 33.1 Å².